The van der Waals surface area contributed by atoms with E-state index in [0.717, 1.165) is 35.8 Å². The molecule has 0 spiro atoms. The zero-order chi connectivity index (χ0) is 13.7. The minimum absolute atomic E-state index is 0.197. The van der Waals surface area contributed by atoms with Gasteiger partial charge in [-0.2, -0.15) is 0 Å². The second kappa shape index (κ2) is 6.75. The predicted octanol–water partition coefficient (Wildman–Crippen LogP) is 2.42. The Hall–Kier alpha value is -1.30. The summed E-state index contributed by atoms with van der Waals surface area (Å²) in [5, 5.41) is 3.17. The van der Waals surface area contributed by atoms with Crippen molar-refractivity contribution in [3.8, 4) is 0 Å². The zero-order valence-corrected chi connectivity index (χ0v) is 11.8. The second-order valence-electron chi connectivity index (χ2n) is 4.57. The van der Waals surface area contributed by atoms with Crippen molar-refractivity contribution in [2.45, 2.75) is 19.5 Å². The van der Waals surface area contributed by atoms with Crippen LogP contribution in [0.1, 0.15) is 16.3 Å². The van der Waals surface area contributed by atoms with E-state index in [0.29, 0.717) is 6.54 Å². The van der Waals surface area contributed by atoms with Gasteiger partial charge in [0.1, 0.15) is 5.82 Å². The summed E-state index contributed by atoms with van der Waals surface area (Å²) in [6, 6.07) is 6.61. The number of thiazole rings is 1. The molecule has 0 radical (unpaired) electrons. The number of benzene rings is 1. The van der Waals surface area contributed by atoms with Gasteiger partial charge in [-0.05, 0) is 31.3 Å². The van der Waals surface area contributed by atoms with E-state index < -0.39 is 0 Å². The van der Waals surface area contributed by atoms with Crippen molar-refractivity contribution in [1.29, 1.82) is 0 Å². The molecule has 1 aromatic heterocycles. The van der Waals surface area contributed by atoms with Crippen molar-refractivity contribution in [1.82, 2.24) is 9.88 Å². The number of halogens is 1. The zero-order valence-electron chi connectivity index (χ0n) is 11.0. The average Bonchev–Trinajstić information content (AvgIpc) is 2.80. The van der Waals surface area contributed by atoms with Crippen LogP contribution < -0.4 is 5.73 Å². The Labute approximate surface area is 116 Å². The standard InChI is InChI=1S/C14H18FN3S/c1-18(8-11-2-4-12(15)5-3-11)9-13-10-19-14(17-13)6-7-16/h2-5,10H,6-9,16H2,1H3. The summed E-state index contributed by atoms with van der Waals surface area (Å²) in [5.41, 5.74) is 7.68. The lowest BCUT2D eigenvalue weighted by Crippen LogP contribution is -2.17. The van der Waals surface area contributed by atoms with Crippen LogP contribution in [0.2, 0.25) is 0 Å². The summed E-state index contributed by atoms with van der Waals surface area (Å²) in [6.07, 6.45) is 0.840. The monoisotopic (exact) mass is 279 g/mol. The molecule has 0 unspecified atom stereocenters. The molecular formula is C14H18FN3S. The quantitative estimate of drug-likeness (QED) is 0.883. The summed E-state index contributed by atoms with van der Waals surface area (Å²) in [4.78, 5) is 6.69. The van der Waals surface area contributed by atoms with Gasteiger partial charge in [-0.1, -0.05) is 12.1 Å². The lowest BCUT2D eigenvalue weighted by molar-refractivity contribution is 0.315. The molecular weight excluding hydrogens is 261 g/mol. The highest BCUT2D eigenvalue weighted by Crippen LogP contribution is 2.13. The van der Waals surface area contributed by atoms with E-state index in [9.17, 15) is 4.39 Å². The number of nitrogens with two attached hydrogens (primary N) is 1. The molecule has 0 aliphatic rings. The summed E-state index contributed by atoms with van der Waals surface area (Å²) in [5.74, 6) is -0.197. The Kier molecular flexibility index (Phi) is 5.01. The van der Waals surface area contributed by atoms with Gasteiger partial charge in [-0.3, -0.25) is 4.90 Å². The fourth-order valence-electron chi connectivity index (χ4n) is 1.89. The maximum Gasteiger partial charge on any atom is 0.123 e. The molecule has 0 aliphatic carbocycles. The van der Waals surface area contributed by atoms with Crippen LogP contribution in [-0.2, 0) is 19.5 Å². The molecule has 2 N–H and O–H groups in total. The Balaban J connectivity index is 1.89. The van der Waals surface area contributed by atoms with Crippen LogP contribution in [0.5, 0.6) is 0 Å². The summed E-state index contributed by atoms with van der Waals surface area (Å²) >= 11 is 1.66. The fraction of sp³-hybridized carbons (Fsp3) is 0.357. The van der Waals surface area contributed by atoms with E-state index in [1.165, 1.54) is 12.1 Å². The van der Waals surface area contributed by atoms with Gasteiger partial charge in [0.15, 0.2) is 0 Å². The van der Waals surface area contributed by atoms with Crippen molar-refractivity contribution in [2.24, 2.45) is 5.73 Å². The molecule has 0 bridgehead atoms. The van der Waals surface area contributed by atoms with E-state index in [1.807, 2.05) is 19.2 Å². The first kappa shape index (κ1) is 14.1. The first-order chi connectivity index (χ1) is 9.17. The molecule has 0 amide bonds. The normalized spacial score (nSPS) is 11.2. The molecule has 5 heteroatoms. The molecule has 2 aromatic rings. The number of aromatic nitrogens is 1. The highest BCUT2D eigenvalue weighted by atomic mass is 32.1. The van der Waals surface area contributed by atoms with Gasteiger partial charge in [0.25, 0.3) is 0 Å². The van der Waals surface area contributed by atoms with E-state index in [4.69, 9.17) is 5.73 Å². The molecule has 0 atom stereocenters. The maximum absolute atomic E-state index is 12.8. The number of rotatable bonds is 6. The highest BCUT2D eigenvalue weighted by Gasteiger charge is 2.06. The second-order valence-corrected chi connectivity index (χ2v) is 5.51. The van der Waals surface area contributed by atoms with Crippen molar-refractivity contribution >= 4 is 11.3 Å². The molecule has 1 aromatic carbocycles. The van der Waals surface area contributed by atoms with E-state index in [1.54, 1.807) is 11.3 Å². The van der Waals surface area contributed by atoms with Crippen LogP contribution >= 0.6 is 11.3 Å². The van der Waals surface area contributed by atoms with Crippen LogP contribution in [-0.4, -0.2) is 23.5 Å². The van der Waals surface area contributed by atoms with Crippen LogP contribution in [0.4, 0.5) is 4.39 Å². The van der Waals surface area contributed by atoms with Crippen LogP contribution in [0, 0.1) is 5.82 Å². The predicted molar refractivity (Wildman–Crippen MR) is 76.4 cm³/mol. The van der Waals surface area contributed by atoms with Gasteiger partial charge in [0.05, 0.1) is 10.7 Å². The summed E-state index contributed by atoms with van der Waals surface area (Å²) < 4.78 is 12.8. The van der Waals surface area contributed by atoms with Crippen LogP contribution in [0.3, 0.4) is 0 Å². The number of hydrogen-bond donors (Lipinski definition) is 1. The van der Waals surface area contributed by atoms with Crippen molar-refractivity contribution in [2.75, 3.05) is 13.6 Å². The smallest absolute Gasteiger partial charge is 0.123 e. The van der Waals surface area contributed by atoms with Gasteiger partial charge in [-0.15, -0.1) is 11.3 Å². The molecule has 0 aliphatic heterocycles. The molecule has 1 heterocycles. The third-order valence-corrected chi connectivity index (χ3v) is 3.71. The van der Waals surface area contributed by atoms with Gasteiger partial charge in [0.2, 0.25) is 0 Å². The Bertz CT molecular complexity index is 510. The largest absolute Gasteiger partial charge is 0.330 e. The molecule has 19 heavy (non-hydrogen) atoms. The van der Waals surface area contributed by atoms with Crippen molar-refractivity contribution in [3.63, 3.8) is 0 Å². The lowest BCUT2D eigenvalue weighted by Gasteiger charge is -2.15. The third-order valence-electron chi connectivity index (χ3n) is 2.76. The van der Waals surface area contributed by atoms with E-state index >= 15 is 0 Å². The minimum atomic E-state index is -0.197. The van der Waals surface area contributed by atoms with E-state index in [-0.39, 0.29) is 5.82 Å². The first-order valence-electron chi connectivity index (χ1n) is 6.23. The Morgan fingerprint density at radius 2 is 2.00 bits per heavy atom. The van der Waals surface area contributed by atoms with Gasteiger partial charge in [-0.25, -0.2) is 9.37 Å². The number of hydrogen-bond acceptors (Lipinski definition) is 4. The third kappa shape index (κ3) is 4.38. The molecule has 0 fully saturated rings. The van der Waals surface area contributed by atoms with Gasteiger partial charge in [0, 0.05) is 24.9 Å². The van der Waals surface area contributed by atoms with E-state index in [2.05, 4.69) is 15.3 Å². The first-order valence-corrected chi connectivity index (χ1v) is 7.11. The average molecular weight is 279 g/mol. The SMILES string of the molecule is CN(Cc1ccc(F)cc1)Cc1csc(CCN)n1. The minimum Gasteiger partial charge on any atom is -0.330 e. The summed E-state index contributed by atoms with van der Waals surface area (Å²) in [6.45, 7) is 2.21. The van der Waals surface area contributed by atoms with Crippen molar-refractivity contribution in [3.05, 3.63) is 51.7 Å². The number of nitrogens with zero attached hydrogens (tertiary/aromatic N) is 2. The molecule has 2 rings (SSSR count). The van der Waals surface area contributed by atoms with Crippen molar-refractivity contribution < 1.29 is 4.39 Å². The fourth-order valence-corrected chi connectivity index (χ4v) is 2.70. The Morgan fingerprint density at radius 1 is 1.26 bits per heavy atom. The topological polar surface area (TPSA) is 42.1 Å². The molecule has 0 saturated carbocycles. The van der Waals surface area contributed by atoms with Crippen LogP contribution in [0.25, 0.3) is 0 Å². The summed E-state index contributed by atoms with van der Waals surface area (Å²) in [7, 11) is 2.03. The Morgan fingerprint density at radius 3 is 2.68 bits per heavy atom. The lowest BCUT2D eigenvalue weighted by atomic mass is 10.2. The molecule has 3 nitrogen and oxygen atoms in total. The van der Waals surface area contributed by atoms with Gasteiger partial charge < -0.3 is 5.73 Å². The van der Waals surface area contributed by atoms with Crippen LogP contribution in [0.15, 0.2) is 29.6 Å². The molecule has 0 saturated heterocycles. The maximum atomic E-state index is 12.8. The molecule has 102 valence electrons. The van der Waals surface area contributed by atoms with Gasteiger partial charge >= 0.3 is 0 Å². The highest BCUT2D eigenvalue weighted by molar-refractivity contribution is 7.09.